The molecule has 0 unspecified atom stereocenters. The summed E-state index contributed by atoms with van der Waals surface area (Å²) in [7, 11) is 0. The van der Waals surface area contributed by atoms with Crippen molar-refractivity contribution in [1.82, 2.24) is 20.3 Å². The number of ether oxygens (including phenoxy) is 1. The Kier molecular flexibility index (Phi) is 7.54. The molecule has 0 radical (unpaired) electrons. The molecule has 3 N–H and O–H groups in total. The highest BCUT2D eigenvalue weighted by Gasteiger charge is 2.09. The first kappa shape index (κ1) is 23.4. The minimum Gasteiger partial charge on any atom is -0.494 e. The SMILES string of the molecule is CCc1ccc(-c2ncc(C)c(CNCCCOc3ccc4[nH]cc(CC(=O)O)c4c3)n2)cc1. The molecule has 34 heavy (non-hydrogen) atoms. The van der Waals surface area contributed by atoms with Gasteiger partial charge in [0.25, 0.3) is 0 Å². The van der Waals surface area contributed by atoms with Gasteiger partial charge < -0.3 is 20.1 Å². The maximum absolute atomic E-state index is 11.0. The summed E-state index contributed by atoms with van der Waals surface area (Å²) < 4.78 is 5.89. The molecule has 0 atom stereocenters. The molecule has 2 heterocycles. The maximum Gasteiger partial charge on any atom is 0.307 e. The largest absolute Gasteiger partial charge is 0.494 e. The molecule has 176 valence electrons. The number of hydrogen-bond acceptors (Lipinski definition) is 5. The van der Waals surface area contributed by atoms with Crippen LogP contribution >= 0.6 is 0 Å². The first-order valence-electron chi connectivity index (χ1n) is 11.6. The Labute approximate surface area is 199 Å². The third kappa shape index (κ3) is 5.80. The molecule has 7 heteroatoms. The van der Waals surface area contributed by atoms with E-state index in [2.05, 4.69) is 46.5 Å². The number of carboxylic acids is 1. The van der Waals surface area contributed by atoms with Crippen molar-refractivity contribution in [3.63, 3.8) is 0 Å². The van der Waals surface area contributed by atoms with E-state index >= 15 is 0 Å². The number of aryl methyl sites for hydroxylation is 2. The van der Waals surface area contributed by atoms with Gasteiger partial charge in [0.05, 0.1) is 18.7 Å². The number of H-pyrrole nitrogens is 1. The number of rotatable bonds is 11. The number of carbonyl (C=O) groups is 1. The van der Waals surface area contributed by atoms with Crippen LogP contribution < -0.4 is 10.1 Å². The van der Waals surface area contributed by atoms with E-state index in [-0.39, 0.29) is 6.42 Å². The molecule has 0 saturated carbocycles. The summed E-state index contributed by atoms with van der Waals surface area (Å²) in [6.45, 7) is 6.20. The summed E-state index contributed by atoms with van der Waals surface area (Å²) in [6, 6.07) is 14.1. The minimum absolute atomic E-state index is 0.0123. The molecule has 4 aromatic rings. The van der Waals surface area contributed by atoms with E-state index in [4.69, 9.17) is 14.8 Å². The first-order valence-corrected chi connectivity index (χ1v) is 11.6. The van der Waals surface area contributed by atoms with Gasteiger partial charge in [0, 0.05) is 35.4 Å². The Morgan fingerprint density at radius 3 is 2.76 bits per heavy atom. The number of benzene rings is 2. The zero-order valence-corrected chi connectivity index (χ0v) is 19.6. The predicted molar refractivity (Wildman–Crippen MR) is 133 cm³/mol. The number of nitrogens with one attached hydrogen (secondary N) is 2. The fraction of sp³-hybridized carbons (Fsp3) is 0.296. The molecule has 0 spiro atoms. The second kappa shape index (κ2) is 10.9. The zero-order valence-electron chi connectivity index (χ0n) is 19.6. The van der Waals surface area contributed by atoms with Crippen LogP contribution in [0.15, 0.2) is 54.9 Å². The van der Waals surface area contributed by atoms with E-state index in [9.17, 15) is 4.79 Å². The third-order valence-electron chi connectivity index (χ3n) is 5.84. The van der Waals surface area contributed by atoms with Crippen LogP contribution in [0.5, 0.6) is 5.75 Å². The van der Waals surface area contributed by atoms with Gasteiger partial charge in [0.15, 0.2) is 5.82 Å². The number of nitrogens with zero attached hydrogens (tertiary/aromatic N) is 2. The number of aromatic nitrogens is 3. The van der Waals surface area contributed by atoms with E-state index in [1.807, 2.05) is 31.3 Å². The molecule has 2 aromatic heterocycles. The Morgan fingerprint density at radius 2 is 2.00 bits per heavy atom. The van der Waals surface area contributed by atoms with Gasteiger partial charge in [-0.2, -0.15) is 0 Å². The van der Waals surface area contributed by atoms with E-state index in [1.54, 1.807) is 6.20 Å². The molecule has 0 aliphatic heterocycles. The fourth-order valence-electron chi connectivity index (χ4n) is 3.84. The molecule has 2 aromatic carbocycles. The number of aliphatic carboxylic acids is 1. The van der Waals surface area contributed by atoms with Gasteiger partial charge in [-0.05, 0) is 61.2 Å². The summed E-state index contributed by atoms with van der Waals surface area (Å²) in [6.07, 6.45) is 5.46. The Balaban J connectivity index is 1.26. The van der Waals surface area contributed by atoms with Crippen LogP contribution in [0.2, 0.25) is 0 Å². The summed E-state index contributed by atoms with van der Waals surface area (Å²) in [4.78, 5) is 23.4. The molecule has 4 rings (SSSR count). The number of aromatic amines is 1. The van der Waals surface area contributed by atoms with E-state index < -0.39 is 5.97 Å². The van der Waals surface area contributed by atoms with Gasteiger partial charge in [-0.1, -0.05) is 31.2 Å². The van der Waals surface area contributed by atoms with Crippen LogP contribution in [0.4, 0.5) is 0 Å². The minimum atomic E-state index is -0.848. The maximum atomic E-state index is 11.0. The monoisotopic (exact) mass is 458 g/mol. The van der Waals surface area contributed by atoms with Crippen LogP contribution in [-0.4, -0.2) is 39.2 Å². The Morgan fingerprint density at radius 1 is 1.18 bits per heavy atom. The lowest BCUT2D eigenvalue weighted by molar-refractivity contribution is -0.136. The van der Waals surface area contributed by atoms with Crippen molar-refractivity contribution in [3.05, 3.63) is 77.2 Å². The predicted octanol–water partition coefficient (Wildman–Crippen LogP) is 4.68. The smallest absolute Gasteiger partial charge is 0.307 e. The number of carboxylic acid groups (broad SMARTS) is 1. The lowest BCUT2D eigenvalue weighted by Crippen LogP contribution is -2.18. The first-order chi connectivity index (χ1) is 16.5. The highest BCUT2D eigenvalue weighted by molar-refractivity contribution is 5.88. The van der Waals surface area contributed by atoms with Crippen LogP contribution in [0.25, 0.3) is 22.3 Å². The van der Waals surface area contributed by atoms with Crippen LogP contribution in [0.3, 0.4) is 0 Å². The van der Waals surface area contributed by atoms with Gasteiger partial charge >= 0.3 is 5.97 Å². The van der Waals surface area contributed by atoms with Gasteiger partial charge in [-0.3, -0.25) is 4.79 Å². The van der Waals surface area contributed by atoms with Gasteiger partial charge in [0.1, 0.15) is 5.75 Å². The van der Waals surface area contributed by atoms with Crippen LogP contribution in [-0.2, 0) is 24.2 Å². The molecule has 0 amide bonds. The summed E-state index contributed by atoms with van der Waals surface area (Å²) in [5.41, 5.74) is 6.05. The van der Waals surface area contributed by atoms with Crippen molar-refractivity contribution in [2.75, 3.05) is 13.2 Å². The third-order valence-corrected chi connectivity index (χ3v) is 5.84. The molecule has 0 saturated heterocycles. The van der Waals surface area contributed by atoms with Crippen molar-refractivity contribution >= 4 is 16.9 Å². The average molecular weight is 459 g/mol. The van der Waals surface area contributed by atoms with Gasteiger partial charge in [-0.25, -0.2) is 9.97 Å². The van der Waals surface area contributed by atoms with Crippen molar-refractivity contribution < 1.29 is 14.6 Å². The van der Waals surface area contributed by atoms with Gasteiger partial charge in [0.2, 0.25) is 0 Å². The Bertz CT molecular complexity index is 1260. The summed E-state index contributed by atoms with van der Waals surface area (Å²) >= 11 is 0. The zero-order chi connectivity index (χ0) is 23.9. The van der Waals surface area contributed by atoms with Crippen molar-refractivity contribution in [1.29, 1.82) is 0 Å². The lowest BCUT2D eigenvalue weighted by Gasteiger charge is -2.10. The second-order valence-electron chi connectivity index (χ2n) is 8.34. The average Bonchev–Trinajstić information content (AvgIpc) is 3.23. The highest BCUT2D eigenvalue weighted by Crippen LogP contribution is 2.24. The van der Waals surface area contributed by atoms with E-state index in [0.717, 1.165) is 64.2 Å². The fourth-order valence-corrected chi connectivity index (χ4v) is 3.84. The van der Waals surface area contributed by atoms with Crippen molar-refractivity contribution in [2.45, 2.75) is 39.7 Å². The van der Waals surface area contributed by atoms with Crippen molar-refractivity contribution in [2.24, 2.45) is 0 Å². The molecular formula is C27H30N4O3. The lowest BCUT2D eigenvalue weighted by atomic mass is 10.1. The second-order valence-corrected chi connectivity index (χ2v) is 8.34. The quantitative estimate of drug-likeness (QED) is 0.282. The van der Waals surface area contributed by atoms with Crippen LogP contribution in [0.1, 0.15) is 35.7 Å². The van der Waals surface area contributed by atoms with Gasteiger partial charge in [-0.15, -0.1) is 0 Å². The topological polar surface area (TPSA) is 100 Å². The standard InChI is InChI=1S/C27H30N4O3/c1-3-19-5-7-20(8-6-19)27-30-15-18(2)25(31-27)17-28-11-4-12-34-22-9-10-24-23(14-22)21(16-29-24)13-26(32)33/h5-10,14-16,28-29H,3-4,11-13,17H2,1-2H3,(H,32,33). The molecule has 7 nitrogen and oxygen atoms in total. The summed E-state index contributed by atoms with van der Waals surface area (Å²) in [5.74, 6) is 0.638. The molecule has 0 fully saturated rings. The Hall–Kier alpha value is -3.71. The molecule has 0 aliphatic carbocycles. The van der Waals surface area contributed by atoms with Crippen molar-refractivity contribution in [3.8, 4) is 17.1 Å². The van der Waals surface area contributed by atoms with E-state index in [0.29, 0.717) is 13.2 Å². The van der Waals surface area contributed by atoms with E-state index in [1.165, 1.54) is 5.56 Å². The normalized spacial score (nSPS) is 11.1. The molecule has 0 bridgehead atoms. The van der Waals surface area contributed by atoms with Crippen LogP contribution in [0, 0.1) is 6.92 Å². The highest BCUT2D eigenvalue weighted by atomic mass is 16.5. The number of fused-ring (bicyclic) bond motifs is 1. The molecule has 0 aliphatic rings. The molecular weight excluding hydrogens is 428 g/mol. The summed E-state index contributed by atoms with van der Waals surface area (Å²) in [5, 5.41) is 13.4. The number of hydrogen-bond donors (Lipinski definition) is 3.